The van der Waals surface area contributed by atoms with Crippen LogP contribution in [-0.2, 0) is 37.3 Å². The van der Waals surface area contributed by atoms with E-state index >= 15 is 0 Å². The van der Waals surface area contributed by atoms with Gasteiger partial charge in [-0.3, -0.25) is 9.55 Å². The summed E-state index contributed by atoms with van der Waals surface area (Å²) < 4.78 is 50.8. The fourth-order valence-electron chi connectivity index (χ4n) is 7.81. The molecule has 0 saturated heterocycles. The molecule has 0 aliphatic rings. The van der Waals surface area contributed by atoms with E-state index in [1.54, 1.807) is 18.3 Å². The Balaban J connectivity index is 0.00000666. The Morgan fingerprint density at radius 3 is 1.85 bits per heavy atom. The first-order chi connectivity index (χ1) is 30.8. The van der Waals surface area contributed by atoms with Gasteiger partial charge in [0.2, 0.25) is 0 Å². The van der Waals surface area contributed by atoms with Crippen LogP contribution in [0.5, 0.6) is 5.75 Å². The first-order valence-corrected chi connectivity index (χ1v) is 20.5. The zero-order valence-electron chi connectivity index (χ0n) is 42.3. The molecule has 0 radical (unpaired) electrons. The number of benzene rings is 6. The van der Waals surface area contributed by atoms with Crippen molar-refractivity contribution in [1.82, 2.24) is 14.5 Å². The SMILES string of the molecule is [2H]C([2H])([2H])c1cc(-c2ccnc(-c3[c-]c(-c4cccc5c4nc(-c4cc(C(C)(C)C)ccc4O)n5-c4ccc(C(C)(C)C)cc4-c4ccccc4)cc(C(C)(C)C)c3)c2)cc(C([2H])([2H])[2H])c1.[Pt]. The van der Waals surface area contributed by atoms with Gasteiger partial charge in [0.1, 0.15) is 11.6 Å². The minimum atomic E-state index is -2.50. The van der Waals surface area contributed by atoms with Crippen LogP contribution in [0, 0.1) is 19.8 Å². The van der Waals surface area contributed by atoms with Crippen molar-refractivity contribution < 1.29 is 34.4 Å². The summed E-state index contributed by atoms with van der Waals surface area (Å²) in [5.41, 5.74) is 11.8. The molecule has 8 aromatic rings. The summed E-state index contributed by atoms with van der Waals surface area (Å²) in [5, 5.41) is 11.8. The molecule has 0 aliphatic carbocycles. The summed E-state index contributed by atoms with van der Waals surface area (Å²) >= 11 is 0. The number of aryl methyl sites for hydroxylation is 2. The van der Waals surface area contributed by atoms with Crippen molar-refractivity contribution in [3.05, 3.63) is 167 Å². The number of rotatable bonds is 6. The molecule has 0 unspecified atom stereocenters. The number of phenolic OH excluding ortho intramolecular Hbond substituents is 1. The molecule has 0 atom stereocenters. The van der Waals surface area contributed by atoms with Gasteiger partial charge in [-0.05, 0) is 94.2 Å². The van der Waals surface area contributed by atoms with Crippen LogP contribution < -0.4 is 0 Å². The van der Waals surface area contributed by atoms with Gasteiger partial charge in [0.15, 0.2) is 0 Å². The Morgan fingerprint density at radius 1 is 0.557 bits per heavy atom. The predicted molar refractivity (Wildman–Crippen MR) is 252 cm³/mol. The summed E-state index contributed by atoms with van der Waals surface area (Å²) in [6.45, 7) is 14.6. The minimum absolute atomic E-state index is 0. The summed E-state index contributed by atoms with van der Waals surface area (Å²) in [4.78, 5) is 10.3. The van der Waals surface area contributed by atoms with Crippen molar-refractivity contribution in [2.45, 2.75) is 92.3 Å². The molecule has 0 bridgehead atoms. The summed E-state index contributed by atoms with van der Waals surface area (Å²) in [5.74, 6) is 0.720. The monoisotopic (exact) mass is 987 g/mol. The summed E-state index contributed by atoms with van der Waals surface area (Å²) in [6.07, 6.45) is 1.65. The van der Waals surface area contributed by atoms with Gasteiger partial charge in [-0.2, -0.15) is 0 Å². The zero-order chi connectivity index (χ0) is 47.7. The van der Waals surface area contributed by atoms with Gasteiger partial charge in [0.05, 0.1) is 22.3 Å². The molecular weight excluding hydrogens is 926 g/mol. The van der Waals surface area contributed by atoms with Crippen LogP contribution in [0.1, 0.15) is 98.4 Å². The number of hydrogen-bond acceptors (Lipinski definition) is 3. The number of aromatic nitrogens is 3. The zero-order valence-corrected chi connectivity index (χ0v) is 38.6. The quantitative estimate of drug-likeness (QED) is 0.169. The number of imidazole rings is 1. The van der Waals surface area contributed by atoms with Gasteiger partial charge in [-0.25, -0.2) is 4.98 Å². The minimum Gasteiger partial charge on any atom is -0.507 e. The number of phenols is 1. The maximum atomic E-state index is 11.8. The Labute approximate surface area is 385 Å². The summed E-state index contributed by atoms with van der Waals surface area (Å²) in [7, 11) is 0. The molecule has 6 aromatic carbocycles. The van der Waals surface area contributed by atoms with E-state index in [0.29, 0.717) is 33.8 Å². The number of para-hydroxylation sites is 1. The van der Waals surface area contributed by atoms with Crippen molar-refractivity contribution in [1.29, 1.82) is 0 Å². The molecule has 5 heteroatoms. The number of pyridine rings is 1. The van der Waals surface area contributed by atoms with Crippen molar-refractivity contribution in [3.63, 3.8) is 0 Å². The predicted octanol–water partition coefficient (Wildman–Crippen LogP) is 14.8. The molecule has 2 aromatic heterocycles. The largest absolute Gasteiger partial charge is 0.507 e. The number of nitrogens with zero attached hydrogens (tertiary/aromatic N) is 3. The first kappa shape index (κ1) is 36.1. The van der Waals surface area contributed by atoms with E-state index in [4.69, 9.17) is 18.2 Å². The average molecular weight is 988 g/mol. The maximum absolute atomic E-state index is 11.8. The van der Waals surface area contributed by atoms with E-state index in [1.165, 1.54) is 23.8 Å². The molecule has 0 spiro atoms. The molecule has 2 heterocycles. The van der Waals surface area contributed by atoms with Crippen LogP contribution in [-0.4, -0.2) is 19.6 Å². The summed E-state index contributed by atoms with van der Waals surface area (Å²) in [6, 6.07) is 44.8. The van der Waals surface area contributed by atoms with Gasteiger partial charge in [-0.15, -0.1) is 29.3 Å². The van der Waals surface area contributed by atoms with E-state index in [2.05, 4.69) is 146 Å². The van der Waals surface area contributed by atoms with Gasteiger partial charge < -0.3 is 5.11 Å². The second kappa shape index (κ2) is 16.4. The van der Waals surface area contributed by atoms with Crippen molar-refractivity contribution >= 4 is 11.0 Å². The van der Waals surface area contributed by atoms with Crippen LogP contribution in [0.3, 0.4) is 0 Å². The van der Waals surface area contributed by atoms with Crippen molar-refractivity contribution in [2.75, 3.05) is 0 Å². The Hall–Kier alpha value is -5.57. The second-order valence-corrected chi connectivity index (χ2v) is 18.9. The van der Waals surface area contributed by atoms with Crippen LogP contribution >= 0.6 is 0 Å². The number of hydrogen-bond donors (Lipinski definition) is 1. The molecule has 0 fully saturated rings. The third kappa shape index (κ3) is 8.79. The van der Waals surface area contributed by atoms with Crippen LogP contribution in [0.25, 0.3) is 72.7 Å². The van der Waals surface area contributed by atoms with Crippen molar-refractivity contribution in [3.8, 4) is 67.5 Å². The van der Waals surface area contributed by atoms with E-state index in [1.807, 2.05) is 24.3 Å². The molecule has 0 aliphatic heterocycles. The fourth-order valence-corrected chi connectivity index (χ4v) is 7.81. The van der Waals surface area contributed by atoms with Crippen LogP contribution in [0.2, 0.25) is 0 Å². The van der Waals surface area contributed by atoms with Gasteiger partial charge >= 0.3 is 0 Å². The topological polar surface area (TPSA) is 50.9 Å². The Morgan fingerprint density at radius 2 is 1.20 bits per heavy atom. The molecule has 0 amide bonds. The molecule has 4 nitrogen and oxygen atoms in total. The number of fused-ring (bicyclic) bond motifs is 1. The van der Waals surface area contributed by atoms with Gasteiger partial charge in [-0.1, -0.05) is 163 Å². The normalized spacial score (nSPS) is 14.0. The third-order valence-electron chi connectivity index (χ3n) is 11.3. The maximum Gasteiger partial charge on any atom is 0.148 e. The third-order valence-corrected chi connectivity index (χ3v) is 11.3. The smallest absolute Gasteiger partial charge is 0.148 e. The standard InChI is InChI=1S/C56H56N3O.Pt/c1-35-26-36(2)28-39(27-35)38-24-25-57-48(32-38)41-29-40(30-44(31-41)56(9,10)11)45-18-15-19-50-52(45)58-53(47-34-43(55(6,7)8)21-23-51(47)60)59(50)49-22-20-42(54(3,4)5)33-46(49)37-16-13-12-14-17-37;/h12-28,30-34,60H,1-11H3;/q-1;/i1D3,2D3;. The van der Waals surface area contributed by atoms with E-state index in [0.717, 1.165) is 50.1 Å². The molecular formula is C56H56N3OPt-. The van der Waals surface area contributed by atoms with E-state index in [9.17, 15) is 5.11 Å². The molecule has 0 saturated carbocycles. The first-order valence-electron chi connectivity index (χ1n) is 23.5. The van der Waals surface area contributed by atoms with E-state index in [-0.39, 0.29) is 54.2 Å². The van der Waals surface area contributed by atoms with Gasteiger partial charge in [0, 0.05) is 46.7 Å². The van der Waals surface area contributed by atoms with Gasteiger partial charge in [0.25, 0.3) is 0 Å². The number of aromatic hydroxyl groups is 1. The fraction of sp³-hybridized carbons (Fsp3) is 0.250. The van der Waals surface area contributed by atoms with Crippen LogP contribution in [0.4, 0.5) is 0 Å². The average Bonchev–Trinajstić information content (AvgIpc) is 3.64. The van der Waals surface area contributed by atoms with Crippen molar-refractivity contribution in [2.24, 2.45) is 0 Å². The molecule has 312 valence electrons. The molecule has 61 heavy (non-hydrogen) atoms. The second-order valence-electron chi connectivity index (χ2n) is 18.9. The Bertz CT molecular complexity index is 3100. The van der Waals surface area contributed by atoms with Crippen LogP contribution in [0.15, 0.2) is 134 Å². The molecule has 8 rings (SSSR count). The Kier molecular flexibility index (Phi) is 9.69. The molecule has 1 N–H and O–H groups in total. The van der Waals surface area contributed by atoms with E-state index < -0.39 is 13.7 Å².